The van der Waals surface area contributed by atoms with Crippen molar-refractivity contribution in [1.82, 2.24) is 0 Å². The minimum absolute atomic E-state index is 0.0441. The van der Waals surface area contributed by atoms with Crippen molar-refractivity contribution in [2.24, 2.45) is 0 Å². The number of thiophene rings is 1. The Morgan fingerprint density at radius 3 is 2.57 bits per heavy atom. The number of ketones is 1. The number of benzene rings is 1. The highest BCUT2D eigenvalue weighted by Crippen LogP contribution is 2.42. The van der Waals surface area contributed by atoms with Gasteiger partial charge in [-0.25, -0.2) is 4.79 Å². The molecule has 0 aliphatic carbocycles. The van der Waals surface area contributed by atoms with Crippen LogP contribution in [0, 0.1) is 0 Å². The normalized spacial score (nSPS) is 10.7. The number of carbonyl (C=O) groups excluding carboxylic acids is 2. The van der Waals surface area contributed by atoms with E-state index in [1.807, 2.05) is 0 Å². The molecular formula is C14H12Cl2O4S. The summed E-state index contributed by atoms with van der Waals surface area (Å²) in [4.78, 5) is 23.3. The van der Waals surface area contributed by atoms with Crippen molar-refractivity contribution in [2.45, 2.75) is 13.8 Å². The van der Waals surface area contributed by atoms with E-state index in [9.17, 15) is 9.59 Å². The zero-order valence-corrected chi connectivity index (χ0v) is 13.7. The first-order chi connectivity index (χ1) is 9.93. The van der Waals surface area contributed by atoms with Crippen molar-refractivity contribution in [3.63, 3.8) is 0 Å². The van der Waals surface area contributed by atoms with Gasteiger partial charge in [-0.3, -0.25) is 4.79 Å². The molecular weight excluding hydrogens is 335 g/mol. The van der Waals surface area contributed by atoms with Crippen LogP contribution in [-0.2, 0) is 9.53 Å². The number of hydrogen-bond donors (Lipinski definition) is 0. The maximum atomic E-state index is 11.4. The Hall–Kier alpha value is -1.30. The van der Waals surface area contributed by atoms with E-state index in [-0.39, 0.29) is 29.8 Å². The fraction of sp³-hybridized carbons (Fsp3) is 0.286. The van der Waals surface area contributed by atoms with Crippen LogP contribution >= 0.6 is 34.5 Å². The lowest BCUT2D eigenvalue weighted by Crippen LogP contribution is -2.14. The van der Waals surface area contributed by atoms with E-state index in [0.717, 1.165) is 10.1 Å². The van der Waals surface area contributed by atoms with Crippen LogP contribution in [0.3, 0.4) is 0 Å². The fourth-order valence-electron chi connectivity index (χ4n) is 1.71. The number of esters is 1. The second-order valence-electron chi connectivity index (χ2n) is 4.18. The molecule has 112 valence electrons. The number of fused-ring (bicyclic) bond motifs is 1. The Morgan fingerprint density at radius 1 is 1.24 bits per heavy atom. The average molecular weight is 347 g/mol. The van der Waals surface area contributed by atoms with E-state index < -0.39 is 5.97 Å². The Balaban J connectivity index is 2.34. The predicted octanol–water partition coefficient (Wildman–Crippen LogP) is 4.35. The third-order valence-corrected chi connectivity index (χ3v) is 4.88. The van der Waals surface area contributed by atoms with Gasteiger partial charge in [0.25, 0.3) is 0 Å². The number of Topliss-reactive ketones (excluding diaryl/α,β-unsaturated/α-hetero) is 1. The molecule has 0 saturated heterocycles. The van der Waals surface area contributed by atoms with E-state index in [2.05, 4.69) is 0 Å². The number of halogens is 2. The molecule has 1 heterocycles. The third kappa shape index (κ3) is 3.48. The van der Waals surface area contributed by atoms with Gasteiger partial charge in [0.05, 0.1) is 21.2 Å². The molecule has 1 aromatic carbocycles. The van der Waals surface area contributed by atoms with Crippen molar-refractivity contribution < 1.29 is 19.1 Å². The monoisotopic (exact) mass is 346 g/mol. The first-order valence-corrected chi connectivity index (χ1v) is 7.72. The quantitative estimate of drug-likeness (QED) is 0.596. The highest BCUT2D eigenvalue weighted by atomic mass is 35.5. The van der Waals surface area contributed by atoms with Crippen LogP contribution in [-0.4, -0.2) is 25.0 Å². The highest BCUT2D eigenvalue weighted by molar-refractivity contribution is 7.21. The predicted molar refractivity (Wildman–Crippen MR) is 84.0 cm³/mol. The molecule has 4 nitrogen and oxygen atoms in total. The molecule has 1 aromatic heterocycles. The molecule has 0 radical (unpaired) electrons. The second-order valence-corrected chi connectivity index (χ2v) is 5.99. The highest BCUT2D eigenvalue weighted by Gasteiger charge is 2.16. The SMILES string of the molecule is CCOC(=O)COc1cc2cc(C(C)=O)sc2c(Cl)c1Cl. The van der Waals surface area contributed by atoms with Gasteiger partial charge in [0.15, 0.2) is 12.4 Å². The summed E-state index contributed by atoms with van der Waals surface area (Å²) in [6, 6.07) is 3.38. The van der Waals surface area contributed by atoms with Crippen LogP contribution in [0.2, 0.25) is 10.0 Å². The summed E-state index contributed by atoms with van der Waals surface area (Å²) < 4.78 is 10.8. The number of carbonyl (C=O) groups is 2. The van der Waals surface area contributed by atoms with Gasteiger partial charge in [-0.15, -0.1) is 11.3 Å². The van der Waals surface area contributed by atoms with Gasteiger partial charge in [0, 0.05) is 0 Å². The smallest absolute Gasteiger partial charge is 0.344 e. The van der Waals surface area contributed by atoms with E-state index in [1.54, 1.807) is 19.1 Å². The molecule has 0 unspecified atom stereocenters. The Kier molecular flexibility index (Phi) is 5.08. The first-order valence-electron chi connectivity index (χ1n) is 6.15. The first kappa shape index (κ1) is 16.1. The van der Waals surface area contributed by atoms with Gasteiger partial charge < -0.3 is 9.47 Å². The molecule has 2 rings (SSSR count). The summed E-state index contributed by atoms with van der Waals surface area (Å²) in [5, 5.41) is 1.27. The van der Waals surface area contributed by atoms with Crippen molar-refractivity contribution in [2.75, 3.05) is 13.2 Å². The molecule has 7 heteroatoms. The second kappa shape index (κ2) is 6.64. The van der Waals surface area contributed by atoms with Crippen LogP contribution in [0.15, 0.2) is 12.1 Å². The van der Waals surface area contributed by atoms with Gasteiger partial charge in [0.2, 0.25) is 0 Å². The van der Waals surface area contributed by atoms with E-state index in [1.165, 1.54) is 18.3 Å². The minimum atomic E-state index is -0.487. The fourth-order valence-corrected chi connectivity index (χ4v) is 3.27. The molecule has 0 fully saturated rings. The lowest BCUT2D eigenvalue weighted by Gasteiger charge is -2.09. The molecule has 0 amide bonds. The Morgan fingerprint density at radius 2 is 1.95 bits per heavy atom. The molecule has 0 spiro atoms. The standard InChI is InChI=1S/C14H12Cl2O4S/c1-3-19-11(18)6-20-9-4-8-5-10(7(2)17)21-14(8)13(16)12(9)15/h4-5H,3,6H2,1-2H3. The van der Waals surface area contributed by atoms with Gasteiger partial charge in [0.1, 0.15) is 10.8 Å². The maximum absolute atomic E-state index is 11.4. The average Bonchev–Trinajstić information content (AvgIpc) is 2.86. The lowest BCUT2D eigenvalue weighted by molar-refractivity contribution is -0.145. The minimum Gasteiger partial charge on any atom is -0.480 e. The summed E-state index contributed by atoms with van der Waals surface area (Å²) in [6.07, 6.45) is 0. The molecule has 0 atom stereocenters. The van der Waals surface area contributed by atoms with Gasteiger partial charge in [-0.2, -0.15) is 0 Å². The summed E-state index contributed by atoms with van der Waals surface area (Å²) in [6.45, 7) is 3.22. The number of rotatable bonds is 5. The van der Waals surface area contributed by atoms with Crippen LogP contribution in [0.1, 0.15) is 23.5 Å². The molecule has 0 aliphatic rings. The topological polar surface area (TPSA) is 52.6 Å². The maximum Gasteiger partial charge on any atom is 0.344 e. The van der Waals surface area contributed by atoms with E-state index in [4.69, 9.17) is 32.7 Å². The molecule has 0 saturated carbocycles. The van der Waals surface area contributed by atoms with Crippen molar-refractivity contribution in [1.29, 1.82) is 0 Å². The van der Waals surface area contributed by atoms with Gasteiger partial charge in [-0.05, 0) is 31.4 Å². The number of ether oxygens (including phenoxy) is 2. The molecule has 0 bridgehead atoms. The van der Waals surface area contributed by atoms with E-state index in [0.29, 0.717) is 9.90 Å². The third-order valence-electron chi connectivity index (χ3n) is 2.65. The Bertz CT molecular complexity index is 709. The largest absolute Gasteiger partial charge is 0.480 e. The molecule has 2 aromatic rings. The zero-order valence-electron chi connectivity index (χ0n) is 11.4. The van der Waals surface area contributed by atoms with Gasteiger partial charge in [-0.1, -0.05) is 23.2 Å². The zero-order chi connectivity index (χ0) is 15.6. The summed E-state index contributed by atoms with van der Waals surface area (Å²) in [7, 11) is 0. The molecule has 0 aliphatic heterocycles. The van der Waals surface area contributed by atoms with Crippen LogP contribution < -0.4 is 4.74 Å². The van der Waals surface area contributed by atoms with Crippen LogP contribution in [0.25, 0.3) is 10.1 Å². The van der Waals surface area contributed by atoms with Crippen LogP contribution in [0.4, 0.5) is 0 Å². The molecule has 0 N–H and O–H groups in total. The summed E-state index contributed by atoms with van der Waals surface area (Å²) >= 11 is 13.6. The van der Waals surface area contributed by atoms with E-state index >= 15 is 0 Å². The lowest BCUT2D eigenvalue weighted by atomic mass is 10.2. The van der Waals surface area contributed by atoms with Crippen molar-refractivity contribution in [3.8, 4) is 5.75 Å². The van der Waals surface area contributed by atoms with Gasteiger partial charge >= 0.3 is 5.97 Å². The van der Waals surface area contributed by atoms with Crippen molar-refractivity contribution >= 4 is 56.4 Å². The Labute approximate surface area is 135 Å². The summed E-state index contributed by atoms with van der Waals surface area (Å²) in [5.41, 5.74) is 0. The molecule has 21 heavy (non-hydrogen) atoms. The summed E-state index contributed by atoms with van der Waals surface area (Å²) in [5.74, 6) is -0.243. The number of hydrogen-bond acceptors (Lipinski definition) is 5. The van der Waals surface area contributed by atoms with Crippen LogP contribution in [0.5, 0.6) is 5.75 Å². The van der Waals surface area contributed by atoms with Crippen molar-refractivity contribution in [3.05, 3.63) is 27.1 Å².